The molecule has 0 radical (unpaired) electrons. The first kappa shape index (κ1) is 14.1. The highest BCUT2D eigenvalue weighted by atomic mass is 15.1. The molecule has 2 rings (SSSR count). The predicted octanol–water partition coefficient (Wildman–Crippen LogP) is 3.89. The number of nitrogens with one attached hydrogen (secondary N) is 1. The Labute approximate surface area is 117 Å². The molecule has 0 aliphatic carbocycles. The van der Waals surface area contributed by atoms with Crippen molar-refractivity contribution in [1.82, 2.24) is 5.32 Å². The van der Waals surface area contributed by atoms with E-state index in [0.29, 0.717) is 6.04 Å². The van der Waals surface area contributed by atoms with Crippen LogP contribution in [0.5, 0.6) is 0 Å². The fourth-order valence-corrected chi connectivity index (χ4v) is 2.68. The molecule has 0 aromatic heterocycles. The lowest BCUT2D eigenvalue weighted by molar-refractivity contribution is 0.374. The fraction of sp³-hybridized carbons (Fsp3) is 0.588. The van der Waals surface area contributed by atoms with Crippen LogP contribution in [-0.2, 0) is 5.41 Å². The summed E-state index contributed by atoms with van der Waals surface area (Å²) in [5, 5.41) is 3.55. The van der Waals surface area contributed by atoms with E-state index >= 15 is 0 Å². The lowest BCUT2D eigenvalue weighted by Gasteiger charge is -2.35. The van der Waals surface area contributed by atoms with Crippen LogP contribution in [0.15, 0.2) is 29.3 Å². The molecule has 1 unspecified atom stereocenters. The number of nitrogens with zero attached hydrogens (tertiary/aromatic N) is 1. The van der Waals surface area contributed by atoms with E-state index in [-0.39, 0.29) is 11.0 Å². The van der Waals surface area contributed by atoms with E-state index < -0.39 is 0 Å². The van der Waals surface area contributed by atoms with Crippen molar-refractivity contribution in [3.63, 3.8) is 0 Å². The van der Waals surface area contributed by atoms with Crippen LogP contribution in [0.25, 0.3) is 0 Å². The number of hydrogen-bond acceptors (Lipinski definition) is 2. The minimum absolute atomic E-state index is 0.124. The first-order chi connectivity index (χ1) is 8.67. The number of benzene rings is 1. The zero-order chi connectivity index (χ0) is 14.3. The van der Waals surface area contributed by atoms with Gasteiger partial charge in [0.15, 0.2) is 0 Å². The van der Waals surface area contributed by atoms with Gasteiger partial charge >= 0.3 is 0 Å². The molecule has 1 heterocycles. The Morgan fingerprint density at radius 1 is 1.16 bits per heavy atom. The van der Waals surface area contributed by atoms with Crippen LogP contribution in [0.3, 0.4) is 0 Å². The highest BCUT2D eigenvalue weighted by Gasteiger charge is 2.27. The van der Waals surface area contributed by atoms with Gasteiger partial charge in [-0.15, -0.1) is 0 Å². The lowest BCUT2D eigenvalue weighted by Crippen LogP contribution is -2.49. The van der Waals surface area contributed by atoms with Crippen LogP contribution >= 0.6 is 0 Å². The van der Waals surface area contributed by atoms with Gasteiger partial charge in [0.05, 0.1) is 6.04 Å². The molecule has 1 N–H and O–H groups in total. The number of hydrogen-bond donors (Lipinski definition) is 1. The topological polar surface area (TPSA) is 24.4 Å². The summed E-state index contributed by atoms with van der Waals surface area (Å²) >= 11 is 0. The van der Waals surface area contributed by atoms with Crippen LogP contribution in [0.2, 0.25) is 0 Å². The maximum atomic E-state index is 4.75. The molecule has 104 valence electrons. The van der Waals surface area contributed by atoms with Gasteiger partial charge in [-0.25, -0.2) is 0 Å². The molecular formula is C17H26N2. The Balaban J connectivity index is 2.28. The van der Waals surface area contributed by atoms with Gasteiger partial charge < -0.3 is 5.32 Å². The summed E-state index contributed by atoms with van der Waals surface area (Å²) in [4.78, 5) is 4.75. The molecule has 19 heavy (non-hydrogen) atoms. The van der Waals surface area contributed by atoms with Crippen molar-refractivity contribution in [1.29, 1.82) is 0 Å². The Kier molecular flexibility index (Phi) is 3.46. The molecule has 0 fully saturated rings. The van der Waals surface area contributed by atoms with Gasteiger partial charge in [-0.1, -0.05) is 45.0 Å². The molecule has 2 nitrogen and oxygen atoms in total. The van der Waals surface area contributed by atoms with Gasteiger partial charge in [-0.3, -0.25) is 4.99 Å². The Morgan fingerprint density at radius 3 is 2.21 bits per heavy atom. The van der Waals surface area contributed by atoms with E-state index in [9.17, 15) is 0 Å². The normalized spacial score (nSPS) is 22.6. The summed E-state index contributed by atoms with van der Waals surface area (Å²) in [5.74, 6) is 1.03. The van der Waals surface area contributed by atoms with E-state index in [4.69, 9.17) is 4.99 Å². The Hall–Kier alpha value is -1.31. The van der Waals surface area contributed by atoms with Crippen molar-refractivity contribution < 1.29 is 0 Å². The van der Waals surface area contributed by atoms with Gasteiger partial charge in [-0.2, -0.15) is 0 Å². The molecule has 1 aromatic rings. The maximum absolute atomic E-state index is 4.75. The van der Waals surface area contributed by atoms with Crippen LogP contribution < -0.4 is 5.32 Å². The average molecular weight is 258 g/mol. The summed E-state index contributed by atoms with van der Waals surface area (Å²) in [6, 6.07) is 9.17. The smallest absolute Gasteiger partial charge is 0.128 e. The van der Waals surface area contributed by atoms with Crippen molar-refractivity contribution in [3.05, 3.63) is 35.4 Å². The third-order valence-electron chi connectivity index (χ3n) is 3.64. The molecule has 0 spiro atoms. The third kappa shape index (κ3) is 3.37. The van der Waals surface area contributed by atoms with Crippen molar-refractivity contribution in [2.75, 3.05) is 0 Å². The van der Waals surface area contributed by atoms with Gasteiger partial charge in [0.25, 0.3) is 0 Å². The summed E-state index contributed by atoms with van der Waals surface area (Å²) in [6.07, 6.45) is 1.08. The number of rotatable bonds is 1. The lowest BCUT2D eigenvalue weighted by atomic mass is 9.86. The average Bonchev–Trinajstić information content (AvgIpc) is 2.25. The highest BCUT2D eigenvalue weighted by molar-refractivity contribution is 5.99. The zero-order valence-electron chi connectivity index (χ0n) is 13.0. The van der Waals surface area contributed by atoms with E-state index in [1.165, 1.54) is 11.1 Å². The third-order valence-corrected chi connectivity index (χ3v) is 3.64. The molecule has 1 aliphatic rings. The van der Waals surface area contributed by atoms with E-state index in [1.807, 2.05) is 0 Å². The minimum atomic E-state index is 0.124. The van der Waals surface area contributed by atoms with Crippen molar-refractivity contribution >= 4 is 5.84 Å². The number of aliphatic imine (C=N–C) groups is 1. The second-order valence-corrected chi connectivity index (χ2v) is 7.37. The van der Waals surface area contributed by atoms with Gasteiger partial charge in [0.2, 0.25) is 0 Å². The zero-order valence-corrected chi connectivity index (χ0v) is 13.0. The standard InChI is InChI=1S/C17H26N2/c1-12-11-17(5,6)19-15(18-12)13-7-9-14(10-8-13)16(2,3)4/h7-10,12H,11H2,1-6H3,(H,18,19). The molecule has 1 aliphatic heterocycles. The van der Waals surface area contributed by atoms with Crippen molar-refractivity contribution in [2.45, 2.75) is 65.0 Å². The highest BCUT2D eigenvalue weighted by Crippen LogP contribution is 2.24. The molecule has 1 atom stereocenters. The molecule has 0 amide bonds. The van der Waals surface area contributed by atoms with Crippen LogP contribution in [0.1, 0.15) is 59.1 Å². The van der Waals surface area contributed by atoms with E-state index in [1.54, 1.807) is 0 Å². The second-order valence-electron chi connectivity index (χ2n) is 7.37. The SMILES string of the molecule is CC1CC(C)(C)NC(c2ccc(C(C)(C)C)cc2)=N1. The molecule has 1 aromatic carbocycles. The minimum Gasteiger partial charge on any atom is -0.365 e. The summed E-state index contributed by atoms with van der Waals surface area (Å²) < 4.78 is 0. The molecule has 0 saturated carbocycles. The first-order valence-corrected chi connectivity index (χ1v) is 7.14. The monoisotopic (exact) mass is 258 g/mol. The molecule has 0 bridgehead atoms. The van der Waals surface area contributed by atoms with Gasteiger partial charge in [-0.05, 0) is 38.2 Å². The fourth-order valence-electron chi connectivity index (χ4n) is 2.68. The number of amidine groups is 1. The van der Waals surface area contributed by atoms with Crippen molar-refractivity contribution in [3.8, 4) is 0 Å². The summed E-state index contributed by atoms with van der Waals surface area (Å²) in [6.45, 7) is 13.4. The maximum Gasteiger partial charge on any atom is 0.128 e. The van der Waals surface area contributed by atoms with Gasteiger partial charge in [0, 0.05) is 11.1 Å². The first-order valence-electron chi connectivity index (χ1n) is 7.14. The molecule has 2 heteroatoms. The van der Waals surface area contributed by atoms with Gasteiger partial charge in [0.1, 0.15) is 5.84 Å². The quantitative estimate of drug-likeness (QED) is 0.812. The van der Waals surface area contributed by atoms with Crippen LogP contribution in [0, 0.1) is 0 Å². The van der Waals surface area contributed by atoms with Crippen molar-refractivity contribution in [2.24, 2.45) is 4.99 Å². The Bertz CT molecular complexity index is 475. The summed E-state index contributed by atoms with van der Waals surface area (Å²) in [7, 11) is 0. The van der Waals surface area contributed by atoms with Crippen LogP contribution in [-0.4, -0.2) is 17.4 Å². The predicted molar refractivity (Wildman–Crippen MR) is 83.0 cm³/mol. The largest absolute Gasteiger partial charge is 0.365 e. The Morgan fingerprint density at radius 2 is 1.74 bits per heavy atom. The summed E-state index contributed by atoms with van der Waals surface area (Å²) in [5.41, 5.74) is 2.87. The molecular weight excluding hydrogens is 232 g/mol. The second kappa shape index (κ2) is 4.66. The van der Waals surface area contributed by atoms with Crippen LogP contribution in [0.4, 0.5) is 0 Å². The van der Waals surface area contributed by atoms with E-state index in [0.717, 1.165) is 12.3 Å². The van der Waals surface area contributed by atoms with E-state index in [2.05, 4.69) is 71.1 Å². The molecule has 0 saturated heterocycles.